The number of anilines is 1. The second kappa shape index (κ2) is 9.73. The molecular weight excluding hydrogens is 389 g/mol. The molecule has 0 bridgehead atoms. The maximum absolute atomic E-state index is 12.2. The first-order chi connectivity index (χ1) is 12.5. The minimum absolute atomic E-state index is 0. The van der Waals surface area contributed by atoms with E-state index >= 15 is 0 Å². The molecule has 1 aromatic heterocycles. The van der Waals surface area contributed by atoms with E-state index < -0.39 is 0 Å². The molecule has 1 aromatic carbocycles. The summed E-state index contributed by atoms with van der Waals surface area (Å²) in [5, 5.41) is 13.4. The third kappa shape index (κ3) is 5.69. The molecule has 1 aliphatic heterocycles. The molecule has 146 valence electrons. The number of carbonyl (C=O) groups is 2. The van der Waals surface area contributed by atoms with Crippen molar-refractivity contribution in [3.05, 3.63) is 46.7 Å². The number of aromatic nitrogens is 2. The smallest absolute Gasteiger partial charge is 0.272 e. The first-order valence-corrected chi connectivity index (χ1v) is 9.01. The van der Waals surface area contributed by atoms with Crippen molar-refractivity contribution in [2.45, 2.75) is 25.8 Å². The molecule has 9 heteroatoms. The van der Waals surface area contributed by atoms with E-state index in [0.29, 0.717) is 16.4 Å². The Bertz CT molecular complexity index is 803. The minimum Gasteiger partial charge on any atom is -0.342 e. The quantitative estimate of drug-likeness (QED) is 0.705. The average Bonchev–Trinajstić information content (AvgIpc) is 3.13. The van der Waals surface area contributed by atoms with Crippen molar-refractivity contribution in [1.82, 2.24) is 20.4 Å². The number of amides is 2. The second-order valence-electron chi connectivity index (χ2n) is 6.40. The van der Waals surface area contributed by atoms with Gasteiger partial charge in [0, 0.05) is 12.7 Å². The van der Waals surface area contributed by atoms with Crippen LogP contribution in [0.4, 0.5) is 5.69 Å². The Hall–Kier alpha value is -2.09. The molecule has 3 N–H and O–H groups in total. The number of hydrogen-bond acceptors (Lipinski definition) is 4. The van der Waals surface area contributed by atoms with Gasteiger partial charge in [-0.2, -0.15) is 5.10 Å². The van der Waals surface area contributed by atoms with E-state index in [1.165, 1.54) is 0 Å². The summed E-state index contributed by atoms with van der Waals surface area (Å²) in [6.45, 7) is 3.63. The van der Waals surface area contributed by atoms with Crippen molar-refractivity contribution in [3.8, 4) is 0 Å². The molecule has 1 fully saturated rings. The van der Waals surface area contributed by atoms with E-state index in [1.54, 1.807) is 24.4 Å². The van der Waals surface area contributed by atoms with E-state index in [0.717, 1.165) is 31.5 Å². The fourth-order valence-electron chi connectivity index (χ4n) is 2.89. The van der Waals surface area contributed by atoms with Gasteiger partial charge in [0.15, 0.2) is 0 Å². The molecule has 1 unspecified atom stereocenters. The van der Waals surface area contributed by atoms with Crippen LogP contribution in [-0.2, 0) is 4.79 Å². The highest BCUT2D eigenvalue weighted by molar-refractivity contribution is 6.33. The summed E-state index contributed by atoms with van der Waals surface area (Å²) >= 11 is 6.09. The summed E-state index contributed by atoms with van der Waals surface area (Å²) in [5.74, 6) is -0.724. The van der Waals surface area contributed by atoms with Crippen LogP contribution in [0.3, 0.4) is 0 Å². The normalized spacial score (nSPS) is 16.3. The molecular formula is C18H23Cl2N5O2. The zero-order valence-corrected chi connectivity index (χ0v) is 16.6. The van der Waals surface area contributed by atoms with Crippen LogP contribution in [-0.4, -0.2) is 41.2 Å². The summed E-state index contributed by atoms with van der Waals surface area (Å²) in [4.78, 5) is 24.2. The molecule has 2 amide bonds. The predicted molar refractivity (Wildman–Crippen MR) is 108 cm³/mol. The van der Waals surface area contributed by atoms with E-state index in [9.17, 15) is 9.59 Å². The fraction of sp³-hybridized carbons (Fsp3) is 0.389. The molecule has 27 heavy (non-hydrogen) atoms. The van der Waals surface area contributed by atoms with Crippen LogP contribution in [0.5, 0.6) is 0 Å². The monoisotopic (exact) mass is 411 g/mol. The lowest BCUT2D eigenvalue weighted by molar-refractivity contribution is -0.115. The standard InChI is InChI=1S/C18H22ClN5O2.ClH/c1-12-4-5-15(14(19)9-12)22-17(25)11-21-18(26)16-6-8-24(23-16)13-3-2-7-20-10-13;/h4-6,8-9,13,20H,2-3,7,10-11H2,1H3,(H,21,26)(H,22,25);1H. The van der Waals surface area contributed by atoms with Crippen LogP contribution in [0.15, 0.2) is 30.5 Å². The summed E-state index contributed by atoms with van der Waals surface area (Å²) in [7, 11) is 0. The zero-order valence-electron chi connectivity index (χ0n) is 15.0. The maximum Gasteiger partial charge on any atom is 0.272 e. The molecule has 2 aromatic rings. The van der Waals surface area contributed by atoms with Crippen molar-refractivity contribution < 1.29 is 9.59 Å². The van der Waals surface area contributed by atoms with Crippen LogP contribution in [0.25, 0.3) is 0 Å². The molecule has 1 atom stereocenters. The second-order valence-corrected chi connectivity index (χ2v) is 6.80. The molecule has 2 heterocycles. The van der Waals surface area contributed by atoms with E-state index in [-0.39, 0.29) is 36.8 Å². The SMILES string of the molecule is Cc1ccc(NC(=O)CNC(=O)c2ccn(C3CCCNC3)n2)c(Cl)c1.Cl. The van der Waals surface area contributed by atoms with Crippen LogP contribution in [0.2, 0.25) is 5.02 Å². The first kappa shape index (κ1) is 21.2. The molecule has 0 spiro atoms. The highest BCUT2D eigenvalue weighted by atomic mass is 35.5. The number of hydrogen-bond donors (Lipinski definition) is 3. The Morgan fingerprint density at radius 3 is 2.89 bits per heavy atom. The summed E-state index contributed by atoms with van der Waals surface area (Å²) in [6, 6.07) is 7.28. The van der Waals surface area contributed by atoms with Crippen LogP contribution < -0.4 is 16.0 Å². The van der Waals surface area contributed by atoms with E-state index in [4.69, 9.17) is 11.6 Å². The number of carbonyl (C=O) groups excluding carboxylic acids is 2. The van der Waals surface area contributed by atoms with Crippen LogP contribution >= 0.6 is 24.0 Å². The van der Waals surface area contributed by atoms with Gasteiger partial charge >= 0.3 is 0 Å². The van der Waals surface area contributed by atoms with Crippen LogP contribution in [0.1, 0.15) is 34.9 Å². The van der Waals surface area contributed by atoms with Gasteiger partial charge in [-0.25, -0.2) is 0 Å². The number of nitrogens with one attached hydrogen (secondary N) is 3. The average molecular weight is 412 g/mol. The van der Waals surface area contributed by atoms with Crippen molar-refractivity contribution in [3.63, 3.8) is 0 Å². The van der Waals surface area contributed by atoms with Crippen molar-refractivity contribution in [2.24, 2.45) is 0 Å². The van der Waals surface area contributed by atoms with Crippen molar-refractivity contribution in [1.29, 1.82) is 0 Å². The molecule has 0 radical (unpaired) electrons. The predicted octanol–water partition coefficient (Wildman–Crippen LogP) is 2.56. The number of aryl methyl sites for hydroxylation is 1. The lowest BCUT2D eigenvalue weighted by Gasteiger charge is -2.22. The Morgan fingerprint density at radius 2 is 2.19 bits per heavy atom. The third-order valence-corrected chi connectivity index (χ3v) is 4.61. The maximum atomic E-state index is 12.2. The van der Waals surface area contributed by atoms with Gasteiger partial charge in [-0.05, 0) is 50.1 Å². The number of rotatable bonds is 5. The van der Waals surface area contributed by atoms with Gasteiger partial charge < -0.3 is 16.0 Å². The molecule has 0 saturated carbocycles. The largest absolute Gasteiger partial charge is 0.342 e. The van der Waals surface area contributed by atoms with Gasteiger partial charge in [-0.15, -0.1) is 12.4 Å². The van der Waals surface area contributed by atoms with Crippen molar-refractivity contribution in [2.75, 3.05) is 25.0 Å². The van der Waals surface area contributed by atoms with Gasteiger partial charge in [-0.1, -0.05) is 17.7 Å². The minimum atomic E-state index is -0.377. The van der Waals surface area contributed by atoms with Crippen LogP contribution in [0, 0.1) is 6.92 Å². The van der Waals surface area contributed by atoms with E-state index in [1.807, 2.05) is 17.7 Å². The fourth-order valence-corrected chi connectivity index (χ4v) is 3.17. The summed E-state index contributed by atoms with van der Waals surface area (Å²) in [5.41, 5.74) is 1.83. The highest BCUT2D eigenvalue weighted by Crippen LogP contribution is 2.22. The Balaban J connectivity index is 0.00000261. The lowest BCUT2D eigenvalue weighted by Crippen LogP contribution is -2.34. The first-order valence-electron chi connectivity index (χ1n) is 8.63. The van der Waals surface area contributed by atoms with Gasteiger partial charge in [-0.3, -0.25) is 14.3 Å². The molecule has 3 rings (SSSR count). The number of piperidine rings is 1. The number of nitrogens with zero attached hydrogens (tertiary/aromatic N) is 2. The summed E-state index contributed by atoms with van der Waals surface area (Å²) in [6.07, 6.45) is 3.93. The molecule has 0 aliphatic carbocycles. The molecule has 7 nitrogen and oxygen atoms in total. The van der Waals surface area contributed by atoms with Gasteiger partial charge in [0.05, 0.1) is 23.3 Å². The van der Waals surface area contributed by atoms with Gasteiger partial charge in [0.1, 0.15) is 5.69 Å². The topological polar surface area (TPSA) is 88.0 Å². The summed E-state index contributed by atoms with van der Waals surface area (Å²) < 4.78 is 1.81. The molecule has 1 saturated heterocycles. The Kier molecular flexibility index (Phi) is 7.65. The Labute approximate surface area is 169 Å². The number of benzene rings is 1. The van der Waals surface area contributed by atoms with Gasteiger partial charge in [0.25, 0.3) is 5.91 Å². The molecule has 1 aliphatic rings. The third-order valence-electron chi connectivity index (χ3n) is 4.29. The highest BCUT2D eigenvalue weighted by Gasteiger charge is 2.18. The zero-order chi connectivity index (χ0) is 18.5. The van der Waals surface area contributed by atoms with E-state index in [2.05, 4.69) is 21.0 Å². The Morgan fingerprint density at radius 1 is 1.37 bits per heavy atom. The number of halogens is 2. The van der Waals surface area contributed by atoms with Gasteiger partial charge in [0.2, 0.25) is 5.91 Å². The van der Waals surface area contributed by atoms with Crippen molar-refractivity contribution >= 4 is 41.5 Å². The lowest BCUT2D eigenvalue weighted by atomic mass is 10.1.